The molecule has 1 unspecified atom stereocenters. The lowest BCUT2D eigenvalue weighted by Gasteiger charge is -2.20. The molecule has 0 fully saturated rings. The molecular formula is C22H27ClIN5O3. The van der Waals surface area contributed by atoms with E-state index in [0.29, 0.717) is 35.7 Å². The monoisotopic (exact) mass is 571 g/mol. The van der Waals surface area contributed by atoms with Gasteiger partial charge in [0.15, 0.2) is 5.96 Å². The van der Waals surface area contributed by atoms with E-state index >= 15 is 0 Å². The van der Waals surface area contributed by atoms with Crippen LogP contribution in [0.2, 0.25) is 5.02 Å². The van der Waals surface area contributed by atoms with Crippen LogP contribution in [0.1, 0.15) is 24.4 Å². The highest BCUT2D eigenvalue weighted by molar-refractivity contribution is 14.0. The Morgan fingerprint density at radius 3 is 2.69 bits per heavy atom. The van der Waals surface area contributed by atoms with Crippen LogP contribution in [0.15, 0.2) is 52.0 Å². The molecule has 3 rings (SSSR count). The van der Waals surface area contributed by atoms with E-state index in [1.165, 1.54) is 0 Å². The molecule has 1 heterocycles. The predicted octanol–water partition coefficient (Wildman–Crippen LogP) is 4.49. The molecule has 2 aromatic carbocycles. The van der Waals surface area contributed by atoms with Crippen LogP contribution in [0, 0.1) is 0 Å². The number of nitrogens with zero attached hydrogens (tertiary/aromatic N) is 3. The summed E-state index contributed by atoms with van der Waals surface area (Å²) in [6.45, 7) is 2.60. The highest BCUT2D eigenvalue weighted by Crippen LogP contribution is 2.29. The van der Waals surface area contributed by atoms with Gasteiger partial charge in [0.05, 0.1) is 20.3 Å². The number of ether oxygens (including phenoxy) is 2. The van der Waals surface area contributed by atoms with Gasteiger partial charge in [-0.25, -0.2) is 0 Å². The van der Waals surface area contributed by atoms with E-state index in [9.17, 15) is 0 Å². The summed E-state index contributed by atoms with van der Waals surface area (Å²) in [5, 5.41) is 11.3. The SMILES string of the molecule is CN=C(NCCc1nc(-c2cccc(Cl)c2)no1)NC(C)c1cc(OC)ccc1OC.I. The Morgan fingerprint density at radius 1 is 1.19 bits per heavy atom. The number of aliphatic imine (C=N–C) groups is 1. The van der Waals surface area contributed by atoms with Crippen LogP contribution < -0.4 is 20.1 Å². The average molecular weight is 572 g/mol. The quantitative estimate of drug-likeness (QED) is 0.234. The molecule has 3 aromatic rings. The summed E-state index contributed by atoms with van der Waals surface area (Å²) < 4.78 is 16.2. The standard InChI is InChI=1S/C22H26ClN5O3.HI/c1-14(18-13-17(29-3)8-9-19(18)30-4)26-22(24-2)25-11-10-20-27-21(28-31-20)15-6-5-7-16(23)12-15;/h5-9,12-14H,10-11H2,1-4H3,(H2,24,25,26);1H. The molecule has 0 spiro atoms. The van der Waals surface area contributed by atoms with E-state index in [-0.39, 0.29) is 30.0 Å². The first kappa shape index (κ1) is 25.7. The van der Waals surface area contributed by atoms with Gasteiger partial charge < -0.3 is 24.6 Å². The Morgan fingerprint density at radius 2 is 2.00 bits per heavy atom. The van der Waals surface area contributed by atoms with Crippen LogP contribution in [0.4, 0.5) is 0 Å². The molecule has 0 bridgehead atoms. The summed E-state index contributed by atoms with van der Waals surface area (Å²) in [4.78, 5) is 8.71. The van der Waals surface area contributed by atoms with Crippen LogP contribution in [0.3, 0.4) is 0 Å². The largest absolute Gasteiger partial charge is 0.497 e. The number of hydrogen-bond donors (Lipinski definition) is 2. The normalized spacial score (nSPS) is 12.0. The number of benzene rings is 2. The molecule has 0 aliphatic heterocycles. The average Bonchev–Trinajstić information content (AvgIpc) is 3.26. The number of nitrogens with one attached hydrogen (secondary N) is 2. The molecule has 0 amide bonds. The lowest BCUT2D eigenvalue weighted by Crippen LogP contribution is -2.39. The van der Waals surface area contributed by atoms with E-state index in [1.54, 1.807) is 33.4 Å². The first-order valence-electron chi connectivity index (χ1n) is 9.81. The van der Waals surface area contributed by atoms with Gasteiger partial charge in [-0.15, -0.1) is 24.0 Å². The fourth-order valence-electron chi connectivity index (χ4n) is 3.04. The van der Waals surface area contributed by atoms with Gasteiger partial charge >= 0.3 is 0 Å². The van der Waals surface area contributed by atoms with E-state index in [0.717, 1.165) is 22.6 Å². The molecule has 10 heteroatoms. The number of aromatic nitrogens is 2. The van der Waals surface area contributed by atoms with Gasteiger partial charge in [-0.2, -0.15) is 4.98 Å². The zero-order valence-corrected chi connectivity index (χ0v) is 21.5. The van der Waals surface area contributed by atoms with Crippen molar-refractivity contribution in [3.63, 3.8) is 0 Å². The number of methoxy groups -OCH3 is 2. The van der Waals surface area contributed by atoms with Crippen molar-refractivity contribution in [2.24, 2.45) is 4.99 Å². The second kappa shape index (κ2) is 12.5. The van der Waals surface area contributed by atoms with Gasteiger partial charge in [-0.3, -0.25) is 4.99 Å². The zero-order valence-electron chi connectivity index (χ0n) is 18.4. The minimum Gasteiger partial charge on any atom is -0.497 e. The van der Waals surface area contributed by atoms with E-state index in [4.69, 9.17) is 25.6 Å². The Labute approximate surface area is 209 Å². The molecule has 1 atom stereocenters. The lowest BCUT2D eigenvalue weighted by atomic mass is 10.1. The third-order valence-corrected chi connectivity index (χ3v) is 4.90. The van der Waals surface area contributed by atoms with Gasteiger partial charge in [0.25, 0.3) is 0 Å². The molecule has 32 heavy (non-hydrogen) atoms. The van der Waals surface area contributed by atoms with Gasteiger partial charge in [0.1, 0.15) is 11.5 Å². The zero-order chi connectivity index (χ0) is 22.2. The molecule has 8 nitrogen and oxygen atoms in total. The highest BCUT2D eigenvalue weighted by atomic mass is 127. The predicted molar refractivity (Wildman–Crippen MR) is 136 cm³/mol. The third-order valence-electron chi connectivity index (χ3n) is 4.66. The van der Waals surface area contributed by atoms with Crippen LogP contribution in [-0.2, 0) is 6.42 Å². The summed E-state index contributed by atoms with van der Waals surface area (Å²) in [6.07, 6.45) is 0.547. The second-order valence-corrected chi connectivity index (χ2v) is 7.18. The molecule has 172 valence electrons. The van der Waals surface area contributed by atoms with Crippen molar-refractivity contribution in [3.05, 3.63) is 58.9 Å². The minimum atomic E-state index is -0.0610. The summed E-state index contributed by atoms with van der Waals surface area (Å²) >= 11 is 6.03. The topological polar surface area (TPSA) is 93.8 Å². The van der Waals surface area contributed by atoms with Crippen LogP contribution in [0.5, 0.6) is 11.5 Å². The van der Waals surface area contributed by atoms with Crippen molar-refractivity contribution in [2.75, 3.05) is 27.8 Å². The smallest absolute Gasteiger partial charge is 0.228 e. The molecular weight excluding hydrogens is 545 g/mol. The fourth-order valence-corrected chi connectivity index (χ4v) is 3.23. The van der Waals surface area contributed by atoms with Crippen molar-refractivity contribution >= 4 is 41.5 Å². The molecule has 1 aromatic heterocycles. The molecule has 0 saturated carbocycles. The summed E-state index contributed by atoms with van der Waals surface area (Å²) in [6, 6.07) is 13.0. The number of guanidine groups is 1. The lowest BCUT2D eigenvalue weighted by molar-refractivity contribution is 0.378. The second-order valence-electron chi connectivity index (χ2n) is 6.74. The Kier molecular flexibility index (Phi) is 10.0. The maximum atomic E-state index is 6.03. The molecule has 0 radical (unpaired) electrons. The molecule has 0 aliphatic rings. The van der Waals surface area contributed by atoms with Crippen molar-refractivity contribution < 1.29 is 14.0 Å². The van der Waals surface area contributed by atoms with Crippen molar-refractivity contribution in [1.29, 1.82) is 0 Å². The number of halogens is 2. The molecule has 0 saturated heterocycles. The van der Waals surface area contributed by atoms with Gasteiger partial charge in [-0.05, 0) is 37.3 Å². The van der Waals surface area contributed by atoms with Gasteiger partial charge in [-0.1, -0.05) is 28.9 Å². The summed E-state index contributed by atoms with van der Waals surface area (Å²) in [7, 11) is 5.00. The minimum absolute atomic E-state index is 0. The summed E-state index contributed by atoms with van der Waals surface area (Å²) in [5.74, 6) is 3.22. The first-order valence-corrected chi connectivity index (χ1v) is 10.2. The fraction of sp³-hybridized carbons (Fsp3) is 0.318. The van der Waals surface area contributed by atoms with Gasteiger partial charge in [0.2, 0.25) is 11.7 Å². The maximum Gasteiger partial charge on any atom is 0.228 e. The summed E-state index contributed by atoms with van der Waals surface area (Å²) in [5.41, 5.74) is 1.78. The van der Waals surface area contributed by atoms with E-state index in [1.807, 2.05) is 37.3 Å². The Bertz CT molecular complexity index is 1040. The molecule has 0 aliphatic carbocycles. The van der Waals surface area contributed by atoms with E-state index in [2.05, 4.69) is 25.8 Å². The maximum absolute atomic E-state index is 6.03. The highest BCUT2D eigenvalue weighted by Gasteiger charge is 2.15. The van der Waals surface area contributed by atoms with Crippen LogP contribution >= 0.6 is 35.6 Å². The van der Waals surface area contributed by atoms with Crippen molar-refractivity contribution in [3.8, 4) is 22.9 Å². The molecule has 2 N–H and O–H groups in total. The van der Waals surface area contributed by atoms with Gasteiger partial charge in [0, 0.05) is 36.2 Å². The van der Waals surface area contributed by atoms with Crippen molar-refractivity contribution in [2.45, 2.75) is 19.4 Å². The van der Waals surface area contributed by atoms with Crippen LogP contribution in [-0.4, -0.2) is 43.9 Å². The number of rotatable bonds is 8. The Balaban J connectivity index is 0.00000363. The van der Waals surface area contributed by atoms with E-state index < -0.39 is 0 Å². The Hall–Kier alpha value is -2.53. The first-order chi connectivity index (χ1) is 15.0. The van der Waals surface area contributed by atoms with Crippen LogP contribution in [0.25, 0.3) is 11.4 Å². The van der Waals surface area contributed by atoms with Crippen molar-refractivity contribution in [1.82, 2.24) is 20.8 Å². The third kappa shape index (κ3) is 6.73. The number of hydrogen-bond acceptors (Lipinski definition) is 6.